The Morgan fingerprint density at radius 2 is 1.92 bits per heavy atom. The van der Waals surface area contributed by atoms with Crippen LogP contribution in [0.1, 0.15) is 76.3 Å². The maximum Gasteiger partial charge on any atom is 0.264 e. The molecule has 0 saturated carbocycles. The predicted molar refractivity (Wildman–Crippen MR) is 150 cm³/mol. The number of nitrogens with one attached hydrogen (secondary N) is 3. The highest BCUT2D eigenvalue weighted by Crippen LogP contribution is 2.33. The Morgan fingerprint density at radius 3 is 2.51 bits per heavy atom. The number of rotatable bonds is 15. The second-order valence-corrected chi connectivity index (χ2v) is 9.71. The van der Waals surface area contributed by atoms with Gasteiger partial charge in [-0.1, -0.05) is 39.5 Å². The maximum atomic E-state index is 15.3. The van der Waals surface area contributed by atoms with Gasteiger partial charge in [-0.05, 0) is 56.6 Å². The Morgan fingerprint density at radius 1 is 1.16 bits per heavy atom. The first-order valence-electron chi connectivity index (χ1n) is 13.4. The van der Waals surface area contributed by atoms with Gasteiger partial charge in [-0.3, -0.25) is 10.3 Å². The number of unbranched alkanes of at least 4 members (excludes halogenated alkanes) is 2. The molecular weight excluding hydrogens is 477 g/mol. The first-order chi connectivity index (χ1) is 17.8. The minimum atomic E-state index is -2.81. The van der Waals surface area contributed by atoms with Gasteiger partial charge < -0.3 is 21.3 Å². The SMILES string of the molecule is CCCCCC(CCC)NC1=C(C(NC)Nc2cc(C(F)F)c(C(C=NC)=CN)cc2F)CN(C)CC1. The quantitative estimate of drug-likeness (QED) is 0.136. The van der Waals surface area contributed by atoms with Crippen LogP contribution >= 0.6 is 0 Å². The third kappa shape index (κ3) is 8.78. The fraction of sp³-hybridized carbons (Fsp3) is 0.607. The van der Waals surface area contributed by atoms with Crippen LogP contribution in [0.4, 0.5) is 18.9 Å². The predicted octanol–water partition coefficient (Wildman–Crippen LogP) is 5.65. The van der Waals surface area contributed by atoms with Crippen LogP contribution in [-0.4, -0.2) is 57.6 Å². The van der Waals surface area contributed by atoms with Gasteiger partial charge in [0.25, 0.3) is 6.43 Å². The van der Waals surface area contributed by atoms with Gasteiger partial charge >= 0.3 is 0 Å². The molecule has 9 heteroatoms. The molecule has 2 atom stereocenters. The van der Waals surface area contributed by atoms with E-state index >= 15 is 4.39 Å². The molecule has 1 aromatic rings. The molecule has 208 valence electrons. The van der Waals surface area contributed by atoms with Crippen molar-refractivity contribution < 1.29 is 13.2 Å². The Hall–Kier alpha value is -2.52. The van der Waals surface area contributed by atoms with Crippen molar-refractivity contribution in [3.8, 4) is 0 Å². The van der Waals surface area contributed by atoms with Gasteiger partial charge in [-0.2, -0.15) is 0 Å². The molecule has 0 spiro atoms. The lowest BCUT2D eigenvalue weighted by atomic mass is 9.98. The van der Waals surface area contributed by atoms with Crippen molar-refractivity contribution in [2.45, 2.75) is 77.4 Å². The molecule has 0 amide bonds. The summed E-state index contributed by atoms with van der Waals surface area (Å²) in [5.74, 6) is -0.633. The number of anilines is 1. The lowest BCUT2D eigenvalue weighted by molar-refractivity contribution is 0.151. The van der Waals surface area contributed by atoms with Gasteiger partial charge in [0.15, 0.2) is 0 Å². The fourth-order valence-corrected chi connectivity index (χ4v) is 4.84. The average molecular weight is 523 g/mol. The van der Waals surface area contributed by atoms with Crippen molar-refractivity contribution in [1.82, 2.24) is 15.5 Å². The third-order valence-corrected chi connectivity index (χ3v) is 6.81. The zero-order valence-corrected chi connectivity index (χ0v) is 23.0. The zero-order valence-electron chi connectivity index (χ0n) is 23.0. The highest BCUT2D eigenvalue weighted by molar-refractivity contribution is 6.10. The molecule has 5 N–H and O–H groups in total. The van der Waals surface area contributed by atoms with Gasteiger partial charge in [-0.15, -0.1) is 0 Å². The standard InChI is InChI=1S/C28H45F3N6/c1-6-8-9-11-20(10-7-2)35-25-12-13-37(5)18-23(25)28(34-4)36-26-15-22(27(30)31)21(14-24(26)29)19(16-32)17-33-3/h14-17,20,27-28,34-36H,6-13,18,32H2,1-5H3. The van der Waals surface area contributed by atoms with E-state index in [1.807, 2.05) is 0 Å². The molecule has 0 fully saturated rings. The topological polar surface area (TPSA) is 77.7 Å². The monoisotopic (exact) mass is 522 g/mol. The van der Waals surface area contributed by atoms with E-state index in [0.29, 0.717) is 12.6 Å². The van der Waals surface area contributed by atoms with E-state index in [-0.39, 0.29) is 22.4 Å². The van der Waals surface area contributed by atoms with Crippen molar-refractivity contribution >= 4 is 17.5 Å². The summed E-state index contributed by atoms with van der Waals surface area (Å²) in [5, 5.41) is 10.2. The van der Waals surface area contributed by atoms with Crippen molar-refractivity contribution in [3.63, 3.8) is 0 Å². The molecule has 0 aliphatic carbocycles. The van der Waals surface area contributed by atoms with Gasteiger partial charge in [0.05, 0.1) is 5.69 Å². The number of benzene rings is 1. The summed E-state index contributed by atoms with van der Waals surface area (Å²) in [6.45, 7) is 6.00. The lowest BCUT2D eigenvalue weighted by Crippen LogP contribution is -2.45. The van der Waals surface area contributed by atoms with E-state index in [4.69, 9.17) is 5.73 Å². The van der Waals surface area contributed by atoms with Crippen LogP contribution in [0.2, 0.25) is 0 Å². The molecule has 2 unspecified atom stereocenters. The molecule has 1 heterocycles. The van der Waals surface area contributed by atoms with E-state index < -0.39 is 18.4 Å². The molecule has 0 aromatic heterocycles. The number of nitrogens with zero attached hydrogens (tertiary/aromatic N) is 2. The Bertz CT molecular complexity index is 944. The fourth-order valence-electron chi connectivity index (χ4n) is 4.84. The number of halogens is 3. The van der Waals surface area contributed by atoms with Crippen LogP contribution in [0, 0.1) is 5.82 Å². The van der Waals surface area contributed by atoms with Crippen LogP contribution < -0.4 is 21.7 Å². The van der Waals surface area contributed by atoms with Crippen molar-refractivity contribution in [1.29, 1.82) is 0 Å². The molecule has 2 rings (SSSR count). The summed E-state index contributed by atoms with van der Waals surface area (Å²) in [6, 6.07) is 2.66. The highest BCUT2D eigenvalue weighted by Gasteiger charge is 2.26. The summed E-state index contributed by atoms with van der Waals surface area (Å²) < 4.78 is 43.3. The Labute approximate surface area is 220 Å². The van der Waals surface area contributed by atoms with Gasteiger partial charge in [0, 0.05) is 55.4 Å². The minimum absolute atomic E-state index is 0.0105. The number of likely N-dealkylation sites (N-methyl/N-ethyl adjacent to an activating group) is 2. The third-order valence-electron chi connectivity index (χ3n) is 6.81. The minimum Gasteiger partial charge on any atom is -0.404 e. The smallest absolute Gasteiger partial charge is 0.264 e. The van der Waals surface area contributed by atoms with E-state index in [1.165, 1.54) is 38.6 Å². The van der Waals surface area contributed by atoms with Crippen molar-refractivity contribution in [2.24, 2.45) is 10.7 Å². The van der Waals surface area contributed by atoms with Crippen LogP contribution in [-0.2, 0) is 0 Å². The van der Waals surface area contributed by atoms with E-state index in [0.717, 1.165) is 55.8 Å². The van der Waals surface area contributed by atoms with Crippen molar-refractivity contribution in [2.75, 3.05) is 39.5 Å². The summed E-state index contributed by atoms with van der Waals surface area (Å²) in [6.07, 6.45) is 6.98. The molecule has 37 heavy (non-hydrogen) atoms. The highest BCUT2D eigenvalue weighted by atomic mass is 19.3. The van der Waals surface area contributed by atoms with E-state index in [1.54, 1.807) is 7.05 Å². The molecule has 6 nitrogen and oxygen atoms in total. The van der Waals surface area contributed by atoms with Crippen LogP contribution in [0.5, 0.6) is 0 Å². The molecule has 0 bridgehead atoms. The summed E-state index contributed by atoms with van der Waals surface area (Å²) in [7, 11) is 5.34. The van der Waals surface area contributed by atoms with Crippen LogP contribution in [0.3, 0.4) is 0 Å². The number of aliphatic imine (C=N–C) groups is 1. The number of alkyl halides is 2. The average Bonchev–Trinajstić information content (AvgIpc) is 2.87. The summed E-state index contributed by atoms with van der Waals surface area (Å²) in [4.78, 5) is 6.06. The lowest BCUT2D eigenvalue weighted by Gasteiger charge is -2.35. The number of allylic oxidation sites excluding steroid dienone is 1. The van der Waals surface area contributed by atoms with Crippen molar-refractivity contribution in [3.05, 3.63) is 46.5 Å². The molecule has 0 saturated heterocycles. The van der Waals surface area contributed by atoms with Crippen LogP contribution in [0.25, 0.3) is 5.57 Å². The second kappa shape index (κ2) is 15.7. The van der Waals surface area contributed by atoms with Gasteiger partial charge in [-0.25, -0.2) is 13.2 Å². The largest absolute Gasteiger partial charge is 0.404 e. The first kappa shape index (κ1) is 30.7. The number of nitrogens with two attached hydrogens (primary N) is 1. The Balaban J connectivity index is 2.42. The number of hydrogen-bond acceptors (Lipinski definition) is 6. The second-order valence-electron chi connectivity index (χ2n) is 9.71. The number of hydrogen-bond donors (Lipinski definition) is 4. The zero-order chi connectivity index (χ0) is 27.4. The molecule has 1 aliphatic rings. The van der Waals surface area contributed by atoms with E-state index in [2.05, 4.69) is 46.7 Å². The molecule has 0 radical (unpaired) electrons. The van der Waals surface area contributed by atoms with Gasteiger partial charge in [0.2, 0.25) is 0 Å². The van der Waals surface area contributed by atoms with Gasteiger partial charge in [0.1, 0.15) is 12.0 Å². The summed E-state index contributed by atoms with van der Waals surface area (Å²) >= 11 is 0. The summed E-state index contributed by atoms with van der Waals surface area (Å²) in [5.41, 5.74) is 7.80. The molecule has 1 aromatic carbocycles. The maximum absolute atomic E-state index is 15.3. The van der Waals surface area contributed by atoms with Crippen LogP contribution in [0.15, 0.2) is 34.6 Å². The molecule has 1 aliphatic heterocycles. The molecular formula is C28H45F3N6. The van der Waals surface area contributed by atoms with E-state index in [9.17, 15) is 8.78 Å². The first-order valence-corrected chi connectivity index (χ1v) is 13.4. The Kier molecular flexibility index (Phi) is 13.0. The normalized spacial score (nSPS) is 17.1.